The molecular formula is C13H22O4. The van der Waals surface area contributed by atoms with Crippen molar-refractivity contribution in [2.45, 2.75) is 58.3 Å². The highest BCUT2D eigenvalue weighted by Gasteiger charge is 2.10. The second-order valence-corrected chi connectivity index (χ2v) is 4.14. The van der Waals surface area contributed by atoms with Gasteiger partial charge < -0.3 is 4.74 Å². The van der Waals surface area contributed by atoms with E-state index in [9.17, 15) is 14.4 Å². The standard InChI is InChI=1S/C13H22O4/c1-3-4-5-7-11(14)10-12(15)8-6-9-13(16)17-2/h3-10H2,1-2H3. The van der Waals surface area contributed by atoms with Crippen molar-refractivity contribution in [2.75, 3.05) is 7.11 Å². The number of hydrogen-bond acceptors (Lipinski definition) is 4. The van der Waals surface area contributed by atoms with Crippen molar-refractivity contribution in [3.05, 3.63) is 0 Å². The molecule has 0 unspecified atom stereocenters. The molecule has 0 aromatic carbocycles. The number of rotatable bonds is 10. The van der Waals surface area contributed by atoms with Gasteiger partial charge in [-0.25, -0.2) is 0 Å². The van der Waals surface area contributed by atoms with Crippen LogP contribution < -0.4 is 0 Å². The van der Waals surface area contributed by atoms with Gasteiger partial charge in [0.2, 0.25) is 0 Å². The maximum atomic E-state index is 11.4. The lowest BCUT2D eigenvalue weighted by molar-refractivity contribution is -0.140. The van der Waals surface area contributed by atoms with Gasteiger partial charge in [0, 0.05) is 19.3 Å². The van der Waals surface area contributed by atoms with Gasteiger partial charge in [-0.2, -0.15) is 0 Å². The maximum Gasteiger partial charge on any atom is 0.305 e. The summed E-state index contributed by atoms with van der Waals surface area (Å²) in [5, 5.41) is 0. The maximum absolute atomic E-state index is 11.4. The van der Waals surface area contributed by atoms with Crippen molar-refractivity contribution in [2.24, 2.45) is 0 Å². The fourth-order valence-corrected chi connectivity index (χ4v) is 1.50. The molecule has 0 N–H and O–H groups in total. The van der Waals surface area contributed by atoms with Crippen molar-refractivity contribution >= 4 is 17.5 Å². The minimum atomic E-state index is -0.313. The van der Waals surface area contributed by atoms with E-state index in [1.807, 2.05) is 0 Å². The van der Waals surface area contributed by atoms with Gasteiger partial charge in [0.05, 0.1) is 13.5 Å². The second-order valence-electron chi connectivity index (χ2n) is 4.14. The molecule has 0 atom stereocenters. The van der Waals surface area contributed by atoms with E-state index in [1.165, 1.54) is 7.11 Å². The van der Waals surface area contributed by atoms with Crippen molar-refractivity contribution in [1.29, 1.82) is 0 Å². The Labute approximate surface area is 103 Å². The zero-order valence-corrected chi connectivity index (χ0v) is 10.8. The van der Waals surface area contributed by atoms with Gasteiger partial charge >= 0.3 is 5.97 Å². The summed E-state index contributed by atoms with van der Waals surface area (Å²) in [6.45, 7) is 2.07. The number of carbonyl (C=O) groups is 3. The second kappa shape index (κ2) is 10.00. The zero-order valence-electron chi connectivity index (χ0n) is 10.8. The van der Waals surface area contributed by atoms with E-state index in [0.717, 1.165) is 19.3 Å². The molecule has 0 bridgehead atoms. The van der Waals surface area contributed by atoms with Gasteiger partial charge in [-0.3, -0.25) is 14.4 Å². The molecule has 17 heavy (non-hydrogen) atoms. The van der Waals surface area contributed by atoms with Gasteiger partial charge in [0.1, 0.15) is 11.6 Å². The van der Waals surface area contributed by atoms with Crippen LogP contribution in [0.3, 0.4) is 0 Å². The SMILES string of the molecule is CCCCCC(=O)CC(=O)CCCC(=O)OC. The molecule has 98 valence electrons. The van der Waals surface area contributed by atoms with Crippen LogP contribution in [0.2, 0.25) is 0 Å². The summed E-state index contributed by atoms with van der Waals surface area (Å²) in [6.07, 6.45) is 4.48. The summed E-state index contributed by atoms with van der Waals surface area (Å²) < 4.78 is 4.46. The summed E-state index contributed by atoms with van der Waals surface area (Å²) in [6, 6.07) is 0. The highest BCUT2D eigenvalue weighted by molar-refractivity contribution is 5.99. The van der Waals surface area contributed by atoms with Crippen molar-refractivity contribution in [3.8, 4) is 0 Å². The Hall–Kier alpha value is -1.19. The van der Waals surface area contributed by atoms with Crippen LogP contribution in [0.25, 0.3) is 0 Å². The molecule has 0 aromatic rings. The minimum absolute atomic E-state index is 0.0153. The first-order chi connectivity index (χ1) is 8.10. The molecule has 0 aliphatic carbocycles. The van der Waals surface area contributed by atoms with Crippen molar-refractivity contribution < 1.29 is 19.1 Å². The molecule has 0 aliphatic heterocycles. The third-order valence-corrected chi connectivity index (χ3v) is 2.52. The third kappa shape index (κ3) is 9.72. The third-order valence-electron chi connectivity index (χ3n) is 2.52. The van der Waals surface area contributed by atoms with Crippen LogP contribution in [-0.4, -0.2) is 24.6 Å². The van der Waals surface area contributed by atoms with Gasteiger partial charge in [-0.15, -0.1) is 0 Å². The number of esters is 1. The molecule has 0 rings (SSSR count). The first-order valence-electron chi connectivity index (χ1n) is 6.20. The van der Waals surface area contributed by atoms with E-state index in [0.29, 0.717) is 12.8 Å². The van der Waals surface area contributed by atoms with Crippen LogP contribution in [0.4, 0.5) is 0 Å². The lowest BCUT2D eigenvalue weighted by atomic mass is 10.0. The van der Waals surface area contributed by atoms with Crippen LogP contribution in [0.15, 0.2) is 0 Å². The molecule has 0 spiro atoms. The largest absolute Gasteiger partial charge is 0.469 e. The summed E-state index contributed by atoms with van der Waals surface area (Å²) in [5.74, 6) is -0.371. The van der Waals surface area contributed by atoms with E-state index in [2.05, 4.69) is 11.7 Å². The van der Waals surface area contributed by atoms with Crippen molar-refractivity contribution in [1.82, 2.24) is 0 Å². The van der Waals surface area contributed by atoms with Crippen LogP contribution in [0, 0.1) is 0 Å². The molecule has 4 heteroatoms. The van der Waals surface area contributed by atoms with Gasteiger partial charge in [0.25, 0.3) is 0 Å². The fraction of sp³-hybridized carbons (Fsp3) is 0.769. The number of ketones is 2. The summed E-state index contributed by atoms with van der Waals surface area (Å²) >= 11 is 0. The van der Waals surface area contributed by atoms with Gasteiger partial charge in [0.15, 0.2) is 0 Å². The highest BCUT2D eigenvalue weighted by Crippen LogP contribution is 2.05. The van der Waals surface area contributed by atoms with Crippen LogP contribution in [0.1, 0.15) is 58.3 Å². The lowest BCUT2D eigenvalue weighted by Crippen LogP contribution is -2.08. The summed E-state index contributed by atoms with van der Waals surface area (Å²) in [7, 11) is 1.32. The fourth-order valence-electron chi connectivity index (χ4n) is 1.50. The number of methoxy groups -OCH3 is 1. The van der Waals surface area contributed by atoms with Gasteiger partial charge in [-0.05, 0) is 12.8 Å². The van der Waals surface area contributed by atoms with Crippen LogP contribution in [-0.2, 0) is 19.1 Å². The summed E-state index contributed by atoms with van der Waals surface area (Å²) in [5.41, 5.74) is 0. The molecule has 0 fully saturated rings. The topological polar surface area (TPSA) is 60.4 Å². The number of ether oxygens (including phenoxy) is 1. The molecule has 0 amide bonds. The molecule has 4 nitrogen and oxygen atoms in total. The Morgan fingerprint density at radius 2 is 1.47 bits per heavy atom. The monoisotopic (exact) mass is 242 g/mol. The number of carbonyl (C=O) groups excluding carboxylic acids is 3. The molecule has 0 radical (unpaired) electrons. The highest BCUT2D eigenvalue weighted by atomic mass is 16.5. The molecule has 0 saturated heterocycles. The first kappa shape index (κ1) is 15.8. The molecule has 0 heterocycles. The van der Waals surface area contributed by atoms with E-state index < -0.39 is 0 Å². The summed E-state index contributed by atoms with van der Waals surface area (Å²) in [4.78, 5) is 33.5. The number of hydrogen-bond donors (Lipinski definition) is 0. The average molecular weight is 242 g/mol. The Kier molecular flexibility index (Phi) is 9.30. The molecule has 0 saturated carbocycles. The van der Waals surface area contributed by atoms with Crippen LogP contribution in [0.5, 0.6) is 0 Å². The Morgan fingerprint density at radius 3 is 2.00 bits per heavy atom. The Morgan fingerprint density at radius 1 is 0.882 bits per heavy atom. The molecule has 0 aliphatic rings. The quantitative estimate of drug-likeness (QED) is 0.335. The smallest absolute Gasteiger partial charge is 0.305 e. The Balaban J connectivity index is 3.57. The van der Waals surface area contributed by atoms with E-state index in [1.54, 1.807) is 0 Å². The normalized spacial score (nSPS) is 10.0. The predicted molar refractivity (Wildman–Crippen MR) is 64.6 cm³/mol. The minimum Gasteiger partial charge on any atom is -0.469 e. The van der Waals surface area contributed by atoms with Crippen LogP contribution >= 0.6 is 0 Å². The van der Waals surface area contributed by atoms with E-state index >= 15 is 0 Å². The molecular weight excluding hydrogens is 220 g/mol. The van der Waals surface area contributed by atoms with E-state index in [-0.39, 0.29) is 36.8 Å². The molecule has 0 aromatic heterocycles. The predicted octanol–water partition coefficient (Wildman–Crippen LogP) is 2.44. The van der Waals surface area contributed by atoms with Gasteiger partial charge in [-0.1, -0.05) is 19.8 Å². The zero-order chi connectivity index (χ0) is 13.1. The lowest BCUT2D eigenvalue weighted by Gasteiger charge is -2.01. The number of Topliss-reactive ketones (excluding diaryl/α,β-unsaturated/α-hetero) is 2. The first-order valence-corrected chi connectivity index (χ1v) is 6.20. The average Bonchev–Trinajstić information content (AvgIpc) is 2.29. The Bertz CT molecular complexity index is 258. The van der Waals surface area contributed by atoms with Crippen molar-refractivity contribution in [3.63, 3.8) is 0 Å². The van der Waals surface area contributed by atoms with E-state index in [4.69, 9.17) is 0 Å². The number of unbranched alkanes of at least 4 members (excludes halogenated alkanes) is 2.